The predicted octanol–water partition coefficient (Wildman–Crippen LogP) is 3.23. The molecule has 0 aromatic carbocycles. The van der Waals surface area contributed by atoms with Crippen molar-refractivity contribution < 1.29 is 4.79 Å². The SMILES string of the molecule is Cc1csc(NC(=O)c2nc(C3CC3)n3ccccc23)n1. The highest BCUT2D eigenvalue weighted by molar-refractivity contribution is 7.13. The van der Waals surface area contributed by atoms with Gasteiger partial charge < -0.3 is 4.40 Å². The molecule has 6 heteroatoms. The molecule has 0 radical (unpaired) electrons. The van der Waals surface area contributed by atoms with Crippen molar-refractivity contribution in [2.45, 2.75) is 25.7 Å². The molecule has 106 valence electrons. The summed E-state index contributed by atoms with van der Waals surface area (Å²) in [7, 11) is 0. The molecule has 1 aliphatic rings. The number of imidazole rings is 1. The summed E-state index contributed by atoms with van der Waals surface area (Å²) in [5.41, 5.74) is 2.24. The maximum absolute atomic E-state index is 12.5. The van der Waals surface area contributed by atoms with Gasteiger partial charge in [-0.2, -0.15) is 0 Å². The Morgan fingerprint density at radius 2 is 2.24 bits per heavy atom. The monoisotopic (exact) mass is 298 g/mol. The van der Waals surface area contributed by atoms with Crippen LogP contribution in [-0.2, 0) is 0 Å². The highest BCUT2D eigenvalue weighted by Crippen LogP contribution is 2.40. The molecule has 3 aromatic rings. The summed E-state index contributed by atoms with van der Waals surface area (Å²) in [6.07, 6.45) is 4.28. The Kier molecular flexibility index (Phi) is 2.78. The van der Waals surface area contributed by atoms with E-state index in [4.69, 9.17) is 0 Å². The maximum atomic E-state index is 12.5. The number of hydrogen-bond donors (Lipinski definition) is 1. The van der Waals surface area contributed by atoms with Gasteiger partial charge in [-0.1, -0.05) is 6.07 Å². The Labute approximate surface area is 125 Å². The molecule has 21 heavy (non-hydrogen) atoms. The third kappa shape index (κ3) is 2.21. The van der Waals surface area contributed by atoms with Gasteiger partial charge in [0.2, 0.25) is 0 Å². The summed E-state index contributed by atoms with van der Waals surface area (Å²) < 4.78 is 2.03. The van der Waals surface area contributed by atoms with Crippen LogP contribution < -0.4 is 5.32 Å². The van der Waals surface area contributed by atoms with Crippen LogP contribution in [0, 0.1) is 6.92 Å². The summed E-state index contributed by atoms with van der Waals surface area (Å²) in [6, 6.07) is 5.82. The normalized spacial score (nSPS) is 14.5. The number of carbonyl (C=O) groups is 1. The van der Waals surface area contributed by atoms with Crippen LogP contribution in [0.1, 0.15) is 40.8 Å². The summed E-state index contributed by atoms with van der Waals surface area (Å²) in [6.45, 7) is 1.91. The lowest BCUT2D eigenvalue weighted by atomic mass is 10.3. The van der Waals surface area contributed by atoms with Crippen molar-refractivity contribution in [3.63, 3.8) is 0 Å². The number of rotatable bonds is 3. The van der Waals surface area contributed by atoms with Gasteiger partial charge in [-0.3, -0.25) is 10.1 Å². The van der Waals surface area contributed by atoms with Crippen LogP contribution in [0.25, 0.3) is 5.52 Å². The summed E-state index contributed by atoms with van der Waals surface area (Å²) in [4.78, 5) is 21.3. The summed E-state index contributed by atoms with van der Waals surface area (Å²) >= 11 is 1.43. The van der Waals surface area contributed by atoms with Gasteiger partial charge in [-0.25, -0.2) is 9.97 Å². The largest absolute Gasteiger partial charge is 0.303 e. The van der Waals surface area contributed by atoms with Gasteiger partial charge in [0.05, 0.1) is 11.2 Å². The van der Waals surface area contributed by atoms with Gasteiger partial charge in [0.25, 0.3) is 5.91 Å². The van der Waals surface area contributed by atoms with Crippen LogP contribution in [-0.4, -0.2) is 20.3 Å². The van der Waals surface area contributed by atoms with E-state index in [1.807, 2.05) is 41.1 Å². The minimum atomic E-state index is -0.194. The number of hydrogen-bond acceptors (Lipinski definition) is 4. The molecule has 1 N–H and O–H groups in total. The number of pyridine rings is 1. The van der Waals surface area contributed by atoms with E-state index >= 15 is 0 Å². The van der Waals surface area contributed by atoms with Crippen LogP contribution in [0.2, 0.25) is 0 Å². The zero-order valence-corrected chi connectivity index (χ0v) is 12.4. The van der Waals surface area contributed by atoms with Crippen LogP contribution >= 0.6 is 11.3 Å². The quantitative estimate of drug-likeness (QED) is 0.807. The van der Waals surface area contributed by atoms with E-state index in [2.05, 4.69) is 15.3 Å². The van der Waals surface area contributed by atoms with E-state index in [-0.39, 0.29) is 5.91 Å². The maximum Gasteiger partial charge on any atom is 0.278 e. The molecular formula is C15H14N4OS. The average Bonchev–Trinajstić information content (AvgIpc) is 3.13. The molecule has 3 heterocycles. The molecule has 0 atom stereocenters. The number of fused-ring (bicyclic) bond motifs is 1. The molecule has 0 aliphatic heterocycles. The first kappa shape index (κ1) is 12.5. The van der Waals surface area contributed by atoms with Gasteiger partial charge in [0.1, 0.15) is 5.82 Å². The Morgan fingerprint density at radius 3 is 2.95 bits per heavy atom. The number of carbonyl (C=O) groups excluding carboxylic acids is 1. The molecule has 1 aliphatic carbocycles. The number of aryl methyl sites for hydroxylation is 1. The standard InChI is InChI=1S/C15H14N4OS/c1-9-8-21-15(16-9)18-14(20)12-11-4-2-3-7-19(11)13(17-12)10-5-6-10/h2-4,7-8,10H,5-6H2,1H3,(H,16,18,20). The van der Waals surface area contributed by atoms with E-state index in [9.17, 15) is 4.79 Å². The smallest absolute Gasteiger partial charge is 0.278 e. The second-order valence-electron chi connectivity index (χ2n) is 5.30. The van der Waals surface area contributed by atoms with Crippen LogP contribution in [0.3, 0.4) is 0 Å². The number of thiazole rings is 1. The summed E-state index contributed by atoms with van der Waals surface area (Å²) in [5, 5.41) is 5.36. The van der Waals surface area contributed by atoms with Crippen LogP contribution in [0.15, 0.2) is 29.8 Å². The predicted molar refractivity (Wildman–Crippen MR) is 82.0 cm³/mol. The van der Waals surface area contributed by atoms with E-state index in [0.717, 1.165) is 29.9 Å². The highest BCUT2D eigenvalue weighted by atomic mass is 32.1. The van der Waals surface area contributed by atoms with Gasteiger partial charge in [-0.15, -0.1) is 11.3 Å². The minimum Gasteiger partial charge on any atom is -0.303 e. The fraction of sp³-hybridized carbons (Fsp3) is 0.267. The van der Waals surface area contributed by atoms with E-state index in [1.165, 1.54) is 11.3 Å². The molecule has 0 unspecified atom stereocenters. The Hall–Kier alpha value is -2.21. The first-order chi connectivity index (χ1) is 10.2. The first-order valence-electron chi connectivity index (χ1n) is 6.93. The van der Waals surface area contributed by atoms with Crippen molar-refractivity contribution in [2.24, 2.45) is 0 Å². The van der Waals surface area contributed by atoms with E-state index in [0.29, 0.717) is 16.7 Å². The molecule has 4 rings (SSSR count). The zero-order valence-electron chi connectivity index (χ0n) is 11.5. The fourth-order valence-corrected chi connectivity index (χ4v) is 3.11. The third-order valence-corrected chi connectivity index (χ3v) is 4.45. The highest BCUT2D eigenvalue weighted by Gasteiger charge is 2.30. The van der Waals surface area contributed by atoms with Crippen molar-refractivity contribution in [3.05, 3.63) is 47.0 Å². The Balaban J connectivity index is 1.73. The number of aromatic nitrogens is 3. The molecule has 5 nitrogen and oxygen atoms in total. The average molecular weight is 298 g/mol. The Morgan fingerprint density at radius 1 is 1.38 bits per heavy atom. The minimum absolute atomic E-state index is 0.194. The molecule has 1 saturated carbocycles. The second-order valence-corrected chi connectivity index (χ2v) is 6.16. The molecule has 0 bridgehead atoms. The first-order valence-corrected chi connectivity index (χ1v) is 7.81. The lowest BCUT2D eigenvalue weighted by Crippen LogP contribution is -2.12. The number of amides is 1. The van der Waals surface area contributed by atoms with E-state index < -0.39 is 0 Å². The number of nitrogens with zero attached hydrogens (tertiary/aromatic N) is 3. The second kappa shape index (κ2) is 4.66. The van der Waals surface area contributed by atoms with Gasteiger partial charge >= 0.3 is 0 Å². The molecule has 0 saturated heterocycles. The van der Waals surface area contributed by atoms with Gasteiger partial charge in [0, 0.05) is 17.5 Å². The molecule has 1 fully saturated rings. The van der Waals surface area contributed by atoms with Crippen molar-refractivity contribution >= 4 is 27.9 Å². The lowest BCUT2D eigenvalue weighted by Gasteiger charge is -1.99. The van der Waals surface area contributed by atoms with Crippen LogP contribution in [0.5, 0.6) is 0 Å². The molecule has 0 spiro atoms. The lowest BCUT2D eigenvalue weighted by molar-refractivity contribution is 0.102. The van der Waals surface area contributed by atoms with Crippen LogP contribution in [0.4, 0.5) is 5.13 Å². The van der Waals surface area contributed by atoms with Crippen molar-refractivity contribution in [1.82, 2.24) is 14.4 Å². The molecule has 1 amide bonds. The van der Waals surface area contributed by atoms with Gasteiger partial charge in [0.15, 0.2) is 10.8 Å². The zero-order chi connectivity index (χ0) is 14.4. The number of nitrogens with one attached hydrogen (secondary N) is 1. The third-order valence-electron chi connectivity index (χ3n) is 3.57. The fourth-order valence-electron chi connectivity index (χ4n) is 2.43. The van der Waals surface area contributed by atoms with E-state index in [1.54, 1.807) is 0 Å². The Bertz CT molecular complexity index is 831. The topological polar surface area (TPSA) is 59.3 Å². The molecular weight excluding hydrogens is 284 g/mol. The molecule has 3 aromatic heterocycles. The van der Waals surface area contributed by atoms with Crippen molar-refractivity contribution in [2.75, 3.05) is 5.32 Å². The van der Waals surface area contributed by atoms with Gasteiger partial charge in [-0.05, 0) is 31.9 Å². The van der Waals surface area contributed by atoms with Crippen molar-refractivity contribution in [1.29, 1.82) is 0 Å². The summed E-state index contributed by atoms with van der Waals surface area (Å²) in [5.74, 6) is 1.29. The number of anilines is 1. The van der Waals surface area contributed by atoms with Crippen molar-refractivity contribution in [3.8, 4) is 0 Å².